The molecule has 0 heterocycles. The summed E-state index contributed by atoms with van der Waals surface area (Å²) >= 11 is 0. The van der Waals surface area contributed by atoms with Gasteiger partial charge in [0.25, 0.3) is 0 Å². The van der Waals surface area contributed by atoms with E-state index < -0.39 is 0 Å². The Morgan fingerprint density at radius 1 is 1.50 bits per heavy atom. The average Bonchev–Trinajstić information content (AvgIpc) is 2.09. The highest BCUT2D eigenvalue weighted by molar-refractivity contribution is 5.57. The van der Waals surface area contributed by atoms with Gasteiger partial charge >= 0.3 is 0 Å². The molecule has 0 aliphatic heterocycles. The Hall–Kier alpha value is -1.46. The summed E-state index contributed by atoms with van der Waals surface area (Å²) in [4.78, 5) is 0. The molecule has 1 rings (SSSR count). The van der Waals surface area contributed by atoms with Crippen LogP contribution >= 0.6 is 0 Å². The lowest BCUT2D eigenvalue weighted by molar-refractivity contribution is 1.07. The average molecular weight is 160 g/mol. The Kier molecular flexibility index (Phi) is 2.37. The van der Waals surface area contributed by atoms with Crippen molar-refractivity contribution in [1.29, 1.82) is 0 Å². The van der Waals surface area contributed by atoms with Crippen LogP contribution in [0.2, 0.25) is 0 Å². The highest BCUT2D eigenvalue weighted by Gasteiger charge is 2.01. The fraction of sp³-hybridized carbons (Fsp3) is 0.200. The van der Waals surface area contributed by atoms with Crippen LogP contribution in [0.4, 0.5) is 5.69 Å². The largest absolute Gasteiger partial charge is 0.398 e. The van der Waals surface area contributed by atoms with E-state index >= 15 is 0 Å². The highest BCUT2D eigenvalue weighted by atomic mass is 14.6. The molecule has 62 valence electrons. The van der Waals surface area contributed by atoms with Gasteiger partial charge in [-0.1, -0.05) is 5.92 Å². The van der Waals surface area contributed by atoms with Crippen molar-refractivity contribution in [2.45, 2.75) is 13.5 Å². The van der Waals surface area contributed by atoms with E-state index in [0.717, 1.165) is 16.7 Å². The molecule has 0 saturated heterocycles. The van der Waals surface area contributed by atoms with E-state index in [9.17, 15) is 0 Å². The molecule has 0 amide bonds. The Balaban J connectivity index is 3.31. The molecule has 12 heavy (non-hydrogen) atoms. The molecule has 4 N–H and O–H groups in total. The van der Waals surface area contributed by atoms with Crippen LogP contribution in [0.5, 0.6) is 0 Å². The summed E-state index contributed by atoms with van der Waals surface area (Å²) < 4.78 is 0. The molecule has 2 nitrogen and oxygen atoms in total. The van der Waals surface area contributed by atoms with E-state index in [-0.39, 0.29) is 0 Å². The summed E-state index contributed by atoms with van der Waals surface area (Å²) in [6, 6.07) is 3.75. The number of benzene rings is 1. The van der Waals surface area contributed by atoms with Gasteiger partial charge in [0.2, 0.25) is 0 Å². The molecule has 0 bridgehead atoms. The van der Waals surface area contributed by atoms with E-state index in [2.05, 4.69) is 5.92 Å². The summed E-state index contributed by atoms with van der Waals surface area (Å²) in [6.45, 7) is 2.38. The van der Waals surface area contributed by atoms with Gasteiger partial charge in [-0.3, -0.25) is 0 Å². The number of anilines is 1. The van der Waals surface area contributed by atoms with E-state index in [0.29, 0.717) is 12.2 Å². The molecule has 0 fully saturated rings. The van der Waals surface area contributed by atoms with Crippen molar-refractivity contribution in [3.63, 3.8) is 0 Å². The summed E-state index contributed by atoms with van der Waals surface area (Å²) in [5.74, 6) is 2.58. The fourth-order valence-electron chi connectivity index (χ4n) is 1.07. The molecule has 0 radical (unpaired) electrons. The van der Waals surface area contributed by atoms with Gasteiger partial charge in [-0.2, -0.15) is 0 Å². The lowest BCUT2D eigenvalue weighted by Crippen LogP contribution is -2.01. The van der Waals surface area contributed by atoms with Gasteiger partial charge in [0, 0.05) is 17.8 Å². The lowest BCUT2D eigenvalue weighted by Gasteiger charge is -2.05. The number of hydrogen-bond donors (Lipinski definition) is 2. The molecule has 2 heteroatoms. The highest BCUT2D eigenvalue weighted by Crippen LogP contribution is 2.17. The normalized spacial score (nSPS) is 9.42. The monoisotopic (exact) mass is 160 g/mol. The van der Waals surface area contributed by atoms with Gasteiger partial charge < -0.3 is 11.5 Å². The van der Waals surface area contributed by atoms with Gasteiger partial charge in [0.15, 0.2) is 0 Å². The molecule has 1 aromatic rings. The Morgan fingerprint density at radius 3 is 2.67 bits per heavy atom. The van der Waals surface area contributed by atoms with E-state index in [4.69, 9.17) is 17.9 Å². The predicted molar refractivity (Wildman–Crippen MR) is 51.4 cm³/mol. The van der Waals surface area contributed by atoms with Crippen LogP contribution in [0.3, 0.4) is 0 Å². The zero-order chi connectivity index (χ0) is 9.14. The molecule has 0 atom stereocenters. The first-order chi connectivity index (χ1) is 5.69. The second kappa shape index (κ2) is 3.29. The molecular weight excluding hydrogens is 148 g/mol. The SMILES string of the molecule is C#Cc1cc(CN)cc(N)c1C. The Bertz CT molecular complexity index is 334. The van der Waals surface area contributed by atoms with Gasteiger partial charge in [-0.05, 0) is 30.2 Å². The minimum Gasteiger partial charge on any atom is -0.398 e. The fourth-order valence-corrected chi connectivity index (χ4v) is 1.07. The van der Waals surface area contributed by atoms with Crippen molar-refractivity contribution in [3.8, 4) is 12.3 Å². The molecule has 0 spiro atoms. The summed E-state index contributed by atoms with van der Waals surface area (Å²) in [7, 11) is 0. The van der Waals surface area contributed by atoms with Gasteiger partial charge in [-0.15, -0.1) is 6.42 Å². The molecule has 0 saturated carbocycles. The van der Waals surface area contributed by atoms with Gasteiger partial charge in [0.1, 0.15) is 0 Å². The molecular formula is C10H12N2. The maximum absolute atomic E-state index is 5.72. The molecule has 0 aromatic heterocycles. The second-order valence-corrected chi connectivity index (χ2v) is 2.71. The van der Waals surface area contributed by atoms with Crippen LogP contribution in [-0.4, -0.2) is 0 Å². The minimum absolute atomic E-state index is 0.471. The number of nitrogen functional groups attached to an aromatic ring is 1. The number of rotatable bonds is 1. The van der Waals surface area contributed by atoms with Crippen molar-refractivity contribution >= 4 is 5.69 Å². The van der Waals surface area contributed by atoms with Crippen LogP contribution in [0, 0.1) is 19.3 Å². The quantitative estimate of drug-likeness (QED) is 0.476. The zero-order valence-corrected chi connectivity index (χ0v) is 7.09. The van der Waals surface area contributed by atoms with Gasteiger partial charge in [-0.25, -0.2) is 0 Å². The van der Waals surface area contributed by atoms with Crippen LogP contribution in [0.1, 0.15) is 16.7 Å². The van der Waals surface area contributed by atoms with Crippen molar-refractivity contribution in [1.82, 2.24) is 0 Å². The third-order valence-electron chi connectivity index (χ3n) is 1.90. The number of nitrogens with two attached hydrogens (primary N) is 2. The Morgan fingerprint density at radius 2 is 2.17 bits per heavy atom. The second-order valence-electron chi connectivity index (χ2n) is 2.71. The smallest absolute Gasteiger partial charge is 0.0359 e. The third kappa shape index (κ3) is 1.41. The first-order valence-electron chi connectivity index (χ1n) is 3.74. The van der Waals surface area contributed by atoms with E-state index in [1.165, 1.54) is 0 Å². The maximum Gasteiger partial charge on any atom is 0.0359 e. The first kappa shape index (κ1) is 8.63. The zero-order valence-electron chi connectivity index (χ0n) is 7.09. The number of hydrogen-bond acceptors (Lipinski definition) is 2. The van der Waals surface area contributed by atoms with Crippen molar-refractivity contribution < 1.29 is 0 Å². The predicted octanol–water partition coefficient (Wildman–Crippen LogP) is 1.02. The molecule has 0 aliphatic rings. The van der Waals surface area contributed by atoms with Crippen LogP contribution < -0.4 is 11.5 Å². The first-order valence-corrected chi connectivity index (χ1v) is 3.74. The molecule has 0 aliphatic carbocycles. The summed E-state index contributed by atoms with van der Waals surface area (Å²) in [6.07, 6.45) is 5.30. The third-order valence-corrected chi connectivity index (χ3v) is 1.90. The summed E-state index contributed by atoms with van der Waals surface area (Å²) in [5, 5.41) is 0. The molecule has 1 aromatic carbocycles. The minimum atomic E-state index is 0.471. The van der Waals surface area contributed by atoms with Crippen molar-refractivity contribution in [2.75, 3.05) is 5.73 Å². The van der Waals surface area contributed by atoms with E-state index in [1.807, 2.05) is 19.1 Å². The van der Waals surface area contributed by atoms with Crippen LogP contribution in [0.15, 0.2) is 12.1 Å². The van der Waals surface area contributed by atoms with Crippen molar-refractivity contribution in [2.24, 2.45) is 5.73 Å². The standard InChI is InChI=1S/C10H12N2/c1-3-9-4-8(6-11)5-10(12)7(9)2/h1,4-5H,6,11-12H2,2H3. The van der Waals surface area contributed by atoms with Crippen LogP contribution in [-0.2, 0) is 6.54 Å². The Labute approximate surface area is 72.6 Å². The lowest BCUT2D eigenvalue weighted by atomic mass is 10.0. The number of terminal acetylenes is 1. The van der Waals surface area contributed by atoms with Gasteiger partial charge in [0.05, 0.1) is 0 Å². The van der Waals surface area contributed by atoms with E-state index in [1.54, 1.807) is 0 Å². The van der Waals surface area contributed by atoms with Crippen LogP contribution in [0.25, 0.3) is 0 Å². The summed E-state index contributed by atoms with van der Waals surface area (Å²) in [5.41, 5.74) is 14.7. The maximum atomic E-state index is 5.72. The molecule has 0 unspecified atom stereocenters. The topological polar surface area (TPSA) is 52.0 Å². The van der Waals surface area contributed by atoms with Crippen molar-refractivity contribution in [3.05, 3.63) is 28.8 Å².